The Balaban J connectivity index is 1.83. The van der Waals surface area contributed by atoms with Crippen LogP contribution < -0.4 is 14.8 Å². The predicted octanol–water partition coefficient (Wildman–Crippen LogP) is 2.02. The van der Waals surface area contributed by atoms with Crippen molar-refractivity contribution in [2.45, 2.75) is 36.7 Å². The van der Waals surface area contributed by atoms with E-state index in [2.05, 4.69) is 15.0 Å². The molecular weight excluding hydrogens is 354 g/mol. The van der Waals surface area contributed by atoms with Crippen LogP contribution in [0, 0.1) is 0 Å². The molecule has 0 spiro atoms. The summed E-state index contributed by atoms with van der Waals surface area (Å²) < 4.78 is 32.9. The summed E-state index contributed by atoms with van der Waals surface area (Å²) >= 11 is 0. The van der Waals surface area contributed by atoms with Crippen molar-refractivity contribution in [3.63, 3.8) is 0 Å². The molecule has 7 nitrogen and oxygen atoms in total. The number of ether oxygens (including phenoxy) is 1. The summed E-state index contributed by atoms with van der Waals surface area (Å²) in [6.07, 6.45) is 3.30. The summed E-state index contributed by atoms with van der Waals surface area (Å²) in [6, 6.07) is 9.47. The Labute approximate surface area is 152 Å². The first kappa shape index (κ1) is 18.3. The molecule has 2 aromatic rings. The Bertz CT molecular complexity index is 896. The lowest BCUT2D eigenvalue weighted by Gasteiger charge is -2.15. The number of aromatic nitrogens is 1. The van der Waals surface area contributed by atoms with Crippen molar-refractivity contribution in [2.75, 3.05) is 7.11 Å². The van der Waals surface area contributed by atoms with E-state index >= 15 is 0 Å². The lowest BCUT2D eigenvalue weighted by atomic mass is 10.1. The molecule has 1 aromatic carbocycles. The average Bonchev–Trinajstić information content (AvgIpc) is 3.45. The van der Waals surface area contributed by atoms with Gasteiger partial charge in [-0.3, -0.25) is 9.78 Å². The van der Waals surface area contributed by atoms with E-state index in [0.717, 1.165) is 18.5 Å². The van der Waals surface area contributed by atoms with Gasteiger partial charge < -0.3 is 10.1 Å². The van der Waals surface area contributed by atoms with Crippen LogP contribution in [0.5, 0.6) is 5.75 Å². The Morgan fingerprint density at radius 2 is 2.04 bits per heavy atom. The van der Waals surface area contributed by atoms with Crippen LogP contribution in [0.25, 0.3) is 0 Å². The Morgan fingerprint density at radius 1 is 1.27 bits per heavy atom. The average molecular weight is 375 g/mol. The third-order valence-corrected chi connectivity index (χ3v) is 5.64. The van der Waals surface area contributed by atoms with Gasteiger partial charge in [0, 0.05) is 17.8 Å². The van der Waals surface area contributed by atoms with Gasteiger partial charge in [0.2, 0.25) is 10.0 Å². The number of carbonyl (C=O) groups excluding carboxylic acids is 1. The molecule has 1 amide bonds. The van der Waals surface area contributed by atoms with E-state index in [1.807, 2.05) is 19.1 Å². The Morgan fingerprint density at radius 3 is 2.65 bits per heavy atom. The zero-order valence-corrected chi connectivity index (χ0v) is 15.4. The number of benzene rings is 1. The summed E-state index contributed by atoms with van der Waals surface area (Å²) in [4.78, 5) is 16.7. The highest BCUT2D eigenvalue weighted by Gasteiger charge is 2.30. The molecule has 1 unspecified atom stereocenters. The Kier molecular flexibility index (Phi) is 5.24. The summed E-state index contributed by atoms with van der Waals surface area (Å²) in [5.74, 6) is -0.179. The highest BCUT2D eigenvalue weighted by molar-refractivity contribution is 7.89. The fraction of sp³-hybridized carbons (Fsp3) is 0.333. The topological polar surface area (TPSA) is 97.4 Å². The number of nitrogens with one attached hydrogen (secondary N) is 2. The zero-order chi connectivity index (χ0) is 18.7. The highest BCUT2D eigenvalue weighted by atomic mass is 32.2. The molecule has 1 aliphatic rings. The van der Waals surface area contributed by atoms with Gasteiger partial charge in [-0.25, -0.2) is 13.1 Å². The van der Waals surface area contributed by atoms with Crippen LogP contribution >= 0.6 is 0 Å². The molecule has 1 aliphatic carbocycles. The van der Waals surface area contributed by atoms with E-state index in [-0.39, 0.29) is 34.2 Å². The number of amides is 1. The highest BCUT2D eigenvalue weighted by Crippen LogP contribution is 2.28. The summed E-state index contributed by atoms with van der Waals surface area (Å²) in [6.45, 7) is 1.82. The fourth-order valence-corrected chi connectivity index (χ4v) is 4.00. The molecular formula is C18H21N3O4S. The third kappa shape index (κ3) is 4.20. The summed E-state index contributed by atoms with van der Waals surface area (Å²) in [5, 5.41) is 2.82. The number of nitrogens with zero attached hydrogens (tertiary/aromatic N) is 1. The quantitative estimate of drug-likeness (QED) is 0.772. The van der Waals surface area contributed by atoms with E-state index in [9.17, 15) is 13.2 Å². The summed E-state index contributed by atoms with van der Waals surface area (Å²) in [7, 11) is -2.35. The Hall–Kier alpha value is -2.45. The smallest absolute Gasteiger partial charge is 0.251 e. The monoisotopic (exact) mass is 375 g/mol. The number of carbonyl (C=O) groups is 1. The SMILES string of the molecule is COc1ccc(C(=O)NC(C)c2ccccn2)cc1S(=O)(=O)NC1CC1. The number of sulfonamides is 1. The van der Waals surface area contributed by atoms with Crippen molar-refractivity contribution in [1.29, 1.82) is 0 Å². The maximum absolute atomic E-state index is 12.5. The molecule has 0 radical (unpaired) electrons. The van der Waals surface area contributed by atoms with Crippen LogP contribution in [0.3, 0.4) is 0 Å². The number of hydrogen-bond acceptors (Lipinski definition) is 5. The predicted molar refractivity (Wildman–Crippen MR) is 96.5 cm³/mol. The van der Waals surface area contributed by atoms with Crippen LogP contribution in [0.15, 0.2) is 47.5 Å². The molecule has 1 atom stereocenters. The molecule has 0 saturated heterocycles. The first-order valence-corrected chi connectivity index (χ1v) is 9.81. The van der Waals surface area contributed by atoms with Crippen molar-refractivity contribution in [2.24, 2.45) is 0 Å². The van der Waals surface area contributed by atoms with Gasteiger partial charge in [0.15, 0.2) is 0 Å². The molecule has 8 heteroatoms. The van der Waals surface area contributed by atoms with Crippen LogP contribution in [0.4, 0.5) is 0 Å². The van der Waals surface area contributed by atoms with E-state index in [0.29, 0.717) is 0 Å². The standard InChI is InChI=1S/C18H21N3O4S/c1-12(15-5-3-4-10-19-15)20-18(22)13-6-9-16(25-2)17(11-13)26(23,24)21-14-7-8-14/h3-6,9-12,14,21H,7-8H2,1-2H3,(H,20,22). The molecule has 1 heterocycles. The van der Waals surface area contributed by atoms with Gasteiger partial charge in [-0.15, -0.1) is 0 Å². The van der Waals surface area contributed by atoms with Gasteiger partial charge in [0.25, 0.3) is 5.91 Å². The number of hydrogen-bond donors (Lipinski definition) is 2. The molecule has 1 saturated carbocycles. The van der Waals surface area contributed by atoms with Gasteiger partial charge in [-0.2, -0.15) is 0 Å². The minimum atomic E-state index is -3.74. The molecule has 0 bridgehead atoms. The first-order valence-electron chi connectivity index (χ1n) is 8.33. The van der Waals surface area contributed by atoms with E-state index in [1.165, 1.54) is 25.3 Å². The fourth-order valence-electron chi connectivity index (χ4n) is 2.50. The number of rotatable bonds is 7. The van der Waals surface area contributed by atoms with Gasteiger partial charge in [0.1, 0.15) is 10.6 Å². The normalized spacial score (nSPS) is 15.3. The largest absolute Gasteiger partial charge is 0.495 e. The first-order chi connectivity index (χ1) is 12.4. The molecule has 26 heavy (non-hydrogen) atoms. The maximum atomic E-state index is 12.5. The van der Waals surface area contributed by atoms with Crippen molar-refractivity contribution in [1.82, 2.24) is 15.0 Å². The second kappa shape index (κ2) is 7.43. The van der Waals surface area contributed by atoms with Crippen LogP contribution in [0.2, 0.25) is 0 Å². The van der Waals surface area contributed by atoms with Gasteiger partial charge in [-0.1, -0.05) is 6.07 Å². The second-order valence-corrected chi connectivity index (χ2v) is 7.89. The molecule has 1 aromatic heterocycles. The lowest BCUT2D eigenvalue weighted by molar-refractivity contribution is 0.0939. The third-order valence-electron chi connectivity index (χ3n) is 4.09. The number of pyridine rings is 1. The molecule has 1 fully saturated rings. The zero-order valence-electron chi connectivity index (χ0n) is 14.6. The maximum Gasteiger partial charge on any atom is 0.251 e. The number of methoxy groups -OCH3 is 1. The van der Waals surface area contributed by atoms with E-state index < -0.39 is 10.0 Å². The second-order valence-electron chi connectivity index (χ2n) is 6.21. The molecule has 138 valence electrons. The van der Waals surface area contributed by atoms with Crippen molar-refractivity contribution >= 4 is 15.9 Å². The molecule has 3 rings (SSSR count). The van der Waals surface area contributed by atoms with Crippen LogP contribution in [-0.2, 0) is 10.0 Å². The van der Waals surface area contributed by atoms with E-state index in [1.54, 1.807) is 12.3 Å². The van der Waals surface area contributed by atoms with Crippen LogP contribution in [0.1, 0.15) is 41.9 Å². The van der Waals surface area contributed by atoms with Crippen LogP contribution in [-0.4, -0.2) is 32.5 Å². The molecule has 2 N–H and O–H groups in total. The van der Waals surface area contributed by atoms with Gasteiger partial charge in [0.05, 0.1) is 18.8 Å². The van der Waals surface area contributed by atoms with Crippen molar-refractivity contribution < 1.29 is 17.9 Å². The summed E-state index contributed by atoms with van der Waals surface area (Å²) in [5.41, 5.74) is 0.961. The minimum absolute atomic E-state index is 0.0358. The molecule has 0 aliphatic heterocycles. The van der Waals surface area contributed by atoms with Gasteiger partial charge >= 0.3 is 0 Å². The van der Waals surface area contributed by atoms with Gasteiger partial charge in [-0.05, 0) is 50.1 Å². The van der Waals surface area contributed by atoms with Crippen molar-refractivity contribution in [3.8, 4) is 5.75 Å². The lowest BCUT2D eigenvalue weighted by Crippen LogP contribution is -2.29. The minimum Gasteiger partial charge on any atom is -0.495 e. The van der Waals surface area contributed by atoms with E-state index in [4.69, 9.17) is 4.74 Å². The van der Waals surface area contributed by atoms with Crippen molar-refractivity contribution in [3.05, 3.63) is 53.9 Å².